The summed E-state index contributed by atoms with van der Waals surface area (Å²) >= 11 is 0. The summed E-state index contributed by atoms with van der Waals surface area (Å²) in [4.78, 5) is 27.1. The molecule has 0 spiro atoms. The lowest BCUT2D eigenvalue weighted by molar-refractivity contribution is -0.142. The minimum atomic E-state index is -0.567. The first-order valence-corrected chi connectivity index (χ1v) is 9.70. The fraction of sp³-hybridized carbons (Fsp3) is 0.636. The Morgan fingerprint density at radius 1 is 1.22 bits per heavy atom. The van der Waals surface area contributed by atoms with E-state index in [1.54, 1.807) is 19.0 Å². The monoisotopic (exact) mass is 374 g/mol. The van der Waals surface area contributed by atoms with E-state index in [0.717, 1.165) is 23.3 Å². The van der Waals surface area contributed by atoms with Gasteiger partial charge in [0.1, 0.15) is 12.4 Å². The average molecular weight is 375 g/mol. The lowest BCUT2D eigenvalue weighted by Crippen LogP contribution is -2.50. The Hall–Kier alpha value is -2.04. The minimum absolute atomic E-state index is 0.00567. The number of nitrogens with one attached hydrogen (secondary N) is 1. The van der Waals surface area contributed by atoms with Crippen LogP contribution in [0.4, 0.5) is 0 Å². The van der Waals surface area contributed by atoms with Crippen molar-refractivity contribution in [3.05, 3.63) is 29.3 Å². The Morgan fingerprint density at radius 3 is 2.52 bits per heavy atom. The molecule has 5 nitrogen and oxygen atoms in total. The van der Waals surface area contributed by atoms with Crippen molar-refractivity contribution < 1.29 is 14.3 Å². The highest BCUT2D eigenvalue weighted by atomic mass is 16.5. The van der Waals surface area contributed by atoms with Crippen LogP contribution in [-0.4, -0.2) is 44.0 Å². The van der Waals surface area contributed by atoms with Gasteiger partial charge >= 0.3 is 0 Å². The summed E-state index contributed by atoms with van der Waals surface area (Å²) < 4.78 is 5.83. The minimum Gasteiger partial charge on any atom is -0.491 e. The van der Waals surface area contributed by atoms with E-state index in [0.29, 0.717) is 19.6 Å². The van der Waals surface area contributed by atoms with E-state index >= 15 is 0 Å². The number of hydrogen-bond donors (Lipinski definition) is 1. The van der Waals surface area contributed by atoms with Crippen LogP contribution in [0.3, 0.4) is 0 Å². The van der Waals surface area contributed by atoms with Crippen molar-refractivity contribution in [3.8, 4) is 5.75 Å². The molecular weight excluding hydrogens is 340 g/mol. The van der Waals surface area contributed by atoms with E-state index in [2.05, 4.69) is 11.4 Å². The Morgan fingerprint density at radius 2 is 1.89 bits per heavy atom. The maximum Gasteiger partial charge on any atom is 0.226 e. The van der Waals surface area contributed by atoms with Crippen molar-refractivity contribution in [2.24, 2.45) is 16.7 Å². The van der Waals surface area contributed by atoms with Crippen molar-refractivity contribution in [2.75, 3.05) is 27.2 Å². The molecule has 0 aromatic heterocycles. The molecule has 1 aromatic rings. The second-order valence-electron chi connectivity index (χ2n) is 8.75. The highest BCUT2D eigenvalue weighted by molar-refractivity contribution is 5.87. The van der Waals surface area contributed by atoms with Crippen LogP contribution in [0.25, 0.3) is 0 Å². The Labute approximate surface area is 163 Å². The number of carbonyl (C=O) groups excluding carboxylic acids is 2. The number of carbonyl (C=O) groups is 2. The van der Waals surface area contributed by atoms with Crippen molar-refractivity contribution >= 4 is 11.8 Å². The molecule has 1 aliphatic carbocycles. The largest absolute Gasteiger partial charge is 0.491 e. The van der Waals surface area contributed by atoms with Crippen molar-refractivity contribution in [2.45, 2.75) is 47.5 Å². The first-order chi connectivity index (χ1) is 12.5. The molecule has 0 bridgehead atoms. The van der Waals surface area contributed by atoms with Gasteiger partial charge in [-0.15, -0.1) is 0 Å². The lowest BCUT2D eigenvalue weighted by Gasteiger charge is -2.40. The Balaban J connectivity index is 1.95. The molecule has 1 saturated carbocycles. The second-order valence-corrected chi connectivity index (χ2v) is 8.75. The summed E-state index contributed by atoms with van der Waals surface area (Å²) in [5.74, 6) is 0.837. The maximum atomic E-state index is 13.0. The average Bonchev–Trinajstić information content (AvgIpc) is 2.84. The zero-order valence-electron chi connectivity index (χ0n) is 17.8. The van der Waals surface area contributed by atoms with E-state index in [1.165, 1.54) is 0 Å². The molecule has 5 heteroatoms. The van der Waals surface area contributed by atoms with Crippen LogP contribution in [0.15, 0.2) is 18.2 Å². The number of rotatable bonds is 6. The van der Waals surface area contributed by atoms with Gasteiger partial charge in [0.2, 0.25) is 11.8 Å². The molecule has 27 heavy (non-hydrogen) atoms. The maximum absolute atomic E-state index is 13.0. The van der Waals surface area contributed by atoms with Gasteiger partial charge in [0.05, 0.1) is 12.0 Å². The number of benzene rings is 1. The lowest BCUT2D eigenvalue weighted by atomic mass is 9.65. The van der Waals surface area contributed by atoms with Crippen LogP contribution in [0, 0.1) is 30.6 Å². The zero-order chi connectivity index (χ0) is 20.4. The van der Waals surface area contributed by atoms with E-state index in [-0.39, 0.29) is 17.7 Å². The van der Waals surface area contributed by atoms with Crippen LogP contribution in [0.1, 0.15) is 44.7 Å². The third kappa shape index (κ3) is 4.12. The molecule has 150 valence electrons. The Kier molecular flexibility index (Phi) is 6.23. The molecule has 0 unspecified atom stereocenters. The molecule has 2 atom stereocenters. The first-order valence-electron chi connectivity index (χ1n) is 9.70. The third-order valence-electron chi connectivity index (χ3n) is 6.46. The topological polar surface area (TPSA) is 58.6 Å². The van der Waals surface area contributed by atoms with Gasteiger partial charge < -0.3 is 15.0 Å². The van der Waals surface area contributed by atoms with Crippen LogP contribution in [-0.2, 0) is 9.59 Å². The standard InChI is InChI=1S/C22H34N2O3/c1-15-8-9-16(2)18(14-15)27-13-12-23-20(26)22(5)11-10-17(21(22,3)4)19(25)24(6)7/h8-9,14,17H,10-13H2,1-7H3,(H,23,26)/t17-,22+/m0/s1. The Bertz CT molecular complexity index is 712. The molecular formula is C22H34N2O3. The number of aryl methyl sites for hydroxylation is 2. The van der Waals surface area contributed by atoms with Crippen molar-refractivity contribution in [3.63, 3.8) is 0 Å². The predicted octanol–water partition coefficient (Wildman–Crippen LogP) is 3.33. The molecule has 1 aliphatic rings. The van der Waals surface area contributed by atoms with E-state index in [4.69, 9.17) is 4.74 Å². The summed E-state index contributed by atoms with van der Waals surface area (Å²) in [6.07, 6.45) is 1.46. The molecule has 1 fully saturated rings. The number of hydrogen-bond acceptors (Lipinski definition) is 3. The van der Waals surface area contributed by atoms with Gasteiger partial charge in [0.25, 0.3) is 0 Å². The van der Waals surface area contributed by atoms with Crippen LogP contribution in [0.5, 0.6) is 5.75 Å². The van der Waals surface area contributed by atoms with Crippen LogP contribution in [0.2, 0.25) is 0 Å². The van der Waals surface area contributed by atoms with Gasteiger partial charge in [-0.3, -0.25) is 9.59 Å². The summed E-state index contributed by atoms with van der Waals surface area (Å²) in [5.41, 5.74) is 1.27. The fourth-order valence-corrected chi connectivity index (χ4v) is 4.03. The molecule has 0 saturated heterocycles. The highest BCUT2D eigenvalue weighted by Gasteiger charge is 2.58. The van der Waals surface area contributed by atoms with Gasteiger partial charge in [-0.25, -0.2) is 0 Å². The van der Waals surface area contributed by atoms with Gasteiger partial charge in [0.15, 0.2) is 0 Å². The van der Waals surface area contributed by atoms with Crippen LogP contribution < -0.4 is 10.1 Å². The zero-order valence-corrected chi connectivity index (χ0v) is 17.8. The second kappa shape index (κ2) is 7.91. The fourth-order valence-electron chi connectivity index (χ4n) is 4.03. The molecule has 0 radical (unpaired) electrons. The number of amides is 2. The predicted molar refractivity (Wildman–Crippen MR) is 108 cm³/mol. The van der Waals surface area contributed by atoms with Crippen molar-refractivity contribution in [1.29, 1.82) is 0 Å². The molecule has 1 N–H and O–H groups in total. The van der Waals surface area contributed by atoms with Gasteiger partial charge in [0, 0.05) is 20.0 Å². The van der Waals surface area contributed by atoms with E-state index < -0.39 is 10.8 Å². The van der Waals surface area contributed by atoms with E-state index in [9.17, 15) is 9.59 Å². The SMILES string of the molecule is Cc1ccc(C)c(OCCNC(=O)[C@@]2(C)CC[C@@H](C(=O)N(C)C)C2(C)C)c1. The third-order valence-corrected chi connectivity index (χ3v) is 6.46. The normalized spacial score (nSPS) is 23.7. The van der Waals surface area contributed by atoms with Gasteiger partial charge in [-0.1, -0.05) is 32.9 Å². The molecule has 1 aromatic carbocycles. The van der Waals surface area contributed by atoms with Gasteiger partial charge in [-0.05, 0) is 49.3 Å². The van der Waals surface area contributed by atoms with E-state index in [1.807, 2.05) is 46.8 Å². The quantitative estimate of drug-likeness (QED) is 0.777. The molecule has 2 amide bonds. The van der Waals surface area contributed by atoms with Crippen molar-refractivity contribution in [1.82, 2.24) is 10.2 Å². The summed E-state index contributed by atoms with van der Waals surface area (Å²) in [6.45, 7) is 11.0. The smallest absolute Gasteiger partial charge is 0.226 e. The summed E-state index contributed by atoms with van der Waals surface area (Å²) in [5, 5.41) is 3.02. The highest BCUT2D eigenvalue weighted by Crippen LogP contribution is 2.56. The molecule has 2 rings (SSSR count). The van der Waals surface area contributed by atoms with Crippen LogP contribution >= 0.6 is 0 Å². The van der Waals surface area contributed by atoms with Gasteiger partial charge in [-0.2, -0.15) is 0 Å². The summed E-state index contributed by atoms with van der Waals surface area (Å²) in [6, 6.07) is 6.10. The molecule has 0 aliphatic heterocycles. The first kappa shape index (κ1) is 21.3. The number of ether oxygens (including phenoxy) is 1. The molecule has 0 heterocycles. The summed E-state index contributed by atoms with van der Waals surface area (Å²) in [7, 11) is 3.55. The number of nitrogens with zero attached hydrogens (tertiary/aromatic N) is 1.